The van der Waals surface area contributed by atoms with Crippen molar-refractivity contribution in [3.05, 3.63) is 67.8 Å². The number of para-hydroxylation sites is 1. The quantitative estimate of drug-likeness (QED) is 0.466. The fourth-order valence-corrected chi connectivity index (χ4v) is 4.76. The molecule has 0 atom stereocenters. The van der Waals surface area contributed by atoms with E-state index in [2.05, 4.69) is 10.1 Å². The van der Waals surface area contributed by atoms with Gasteiger partial charge in [-0.15, -0.1) is 11.3 Å². The van der Waals surface area contributed by atoms with Gasteiger partial charge in [0.2, 0.25) is 0 Å². The highest BCUT2D eigenvalue weighted by Crippen LogP contribution is 2.31. The number of thiophene rings is 1. The molecule has 0 aliphatic rings. The Kier molecular flexibility index (Phi) is 5.70. The van der Waals surface area contributed by atoms with Gasteiger partial charge in [0, 0.05) is 19.0 Å². The number of rotatable bonds is 6. The summed E-state index contributed by atoms with van der Waals surface area (Å²) in [5, 5.41) is 5.46. The third-order valence-electron chi connectivity index (χ3n) is 5.35. The number of hydrogen-bond acceptors (Lipinski definition) is 6. The van der Waals surface area contributed by atoms with Gasteiger partial charge in [0.05, 0.1) is 16.3 Å². The van der Waals surface area contributed by atoms with Gasteiger partial charge in [-0.25, -0.2) is 9.48 Å². The number of nitrogen functional groups attached to an aromatic ring is 1. The molecule has 3 N–H and O–H groups in total. The molecule has 0 spiro atoms. The number of carbonyl (C=O) groups excluding carboxylic acids is 1. The first-order valence-corrected chi connectivity index (χ1v) is 11.1. The molecule has 0 aliphatic heterocycles. The SMILES string of the molecule is CCCCn1c(N)c(N(C)C(=O)c2cc3c(C)nn(-c4ccccc4)c3s2)c(=O)[nH]c1=O. The molecule has 4 rings (SSSR count). The summed E-state index contributed by atoms with van der Waals surface area (Å²) in [5.74, 6) is -0.404. The van der Waals surface area contributed by atoms with E-state index in [0.717, 1.165) is 34.4 Å². The molecular weight excluding hydrogens is 428 g/mol. The largest absolute Gasteiger partial charge is 0.383 e. The lowest BCUT2D eigenvalue weighted by molar-refractivity contribution is 0.0996. The number of hydrogen-bond donors (Lipinski definition) is 2. The molecule has 166 valence electrons. The number of aryl methyl sites for hydroxylation is 1. The van der Waals surface area contributed by atoms with Crippen LogP contribution in [-0.4, -0.2) is 32.3 Å². The molecule has 9 nitrogen and oxygen atoms in total. The molecule has 3 aromatic heterocycles. The van der Waals surface area contributed by atoms with Crippen molar-refractivity contribution in [3.8, 4) is 5.69 Å². The zero-order valence-corrected chi connectivity index (χ0v) is 18.9. The summed E-state index contributed by atoms with van der Waals surface area (Å²) in [4.78, 5) is 42.8. The smallest absolute Gasteiger partial charge is 0.330 e. The summed E-state index contributed by atoms with van der Waals surface area (Å²) in [6.07, 6.45) is 1.58. The number of nitrogens with zero attached hydrogens (tertiary/aromatic N) is 4. The van der Waals surface area contributed by atoms with Crippen LogP contribution in [0.25, 0.3) is 15.9 Å². The van der Waals surface area contributed by atoms with Crippen LogP contribution >= 0.6 is 11.3 Å². The average molecular weight is 453 g/mol. The van der Waals surface area contributed by atoms with Crippen LogP contribution < -0.4 is 21.9 Å². The van der Waals surface area contributed by atoms with E-state index >= 15 is 0 Å². The van der Waals surface area contributed by atoms with E-state index in [1.807, 2.05) is 44.2 Å². The topological polar surface area (TPSA) is 119 Å². The molecule has 0 fully saturated rings. The Morgan fingerprint density at radius 1 is 1.25 bits per heavy atom. The summed E-state index contributed by atoms with van der Waals surface area (Å²) in [6.45, 7) is 4.24. The maximum absolute atomic E-state index is 13.3. The third kappa shape index (κ3) is 3.62. The Hall–Kier alpha value is -3.66. The Bertz CT molecular complexity index is 1410. The molecule has 0 radical (unpaired) electrons. The van der Waals surface area contributed by atoms with E-state index in [9.17, 15) is 14.4 Å². The molecular formula is C22H24N6O3S. The molecule has 10 heteroatoms. The van der Waals surface area contributed by atoms with Crippen molar-refractivity contribution in [2.75, 3.05) is 17.7 Å². The van der Waals surface area contributed by atoms with Gasteiger partial charge in [-0.3, -0.25) is 19.1 Å². The van der Waals surface area contributed by atoms with Crippen molar-refractivity contribution in [3.63, 3.8) is 0 Å². The Labute approximate surface area is 187 Å². The second kappa shape index (κ2) is 8.46. The number of benzene rings is 1. The summed E-state index contributed by atoms with van der Waals surface area (Å²) in [5.41, 5.74) is 6.54. The number of H-pyrrole nitrogens is 1. The van der Waals surface area contributed by atoms with Gasteiger partial charge in [-0.1, -0.05) is 31.5 Å². The van der Waals surface area contributed by atoms with Crippen LogP contribution in [-0.2, 0) is 6.54 Å². The van der Waals surface area contributed by atoms with Crippen molar-refractivity contribution < 1.29 is 4.79 Å². The van der Waals surface area contributed by atoms with Gasteiger partial charge in [0.25, 0.3) is 11.5 Å². The van der Waals surface area contributed by atoms with Gasteiger partial charge in [0.1, 0.15) is 10.6 Å². The molecule has 0 saturated carbocycles. The third-order valence-corrected chi connectivity index (χ3v) is 6.44. The molecule has 0 saturated heterocycles. The van der Waals surface area contributed by atoms with Crippen LogP contribution in [0.3, 0.4) is 0 Å². The minimum Gasteiger partial charge on any atom is -0.383 e. The Morgan fingerprint density at radius 2 is 1.97 bits per heavy atom. The lowest BCUT2D eigenvalue weighted by atomic mass is 10.3. The normalized spacial score (nSPS) is 11.2. The van der Waals surface area contributed by atoms with Crippen LogP contribution in [0.4, 0.5) is 11.5 Å². The molecule has 32 heavy (non-hydrogen) atoms. The van der Waals surface area contributed by atoms with Gasteiger partial charge < -0.3 is 10.6 Å². The Balaban J connectivity index is 1.76. The fraction of sp³-hybridized carbons (Fsp3) is 0.273. The molecule has 1 amide bonds. The van der Waals surface area contributed by atoms with Crippen molar-refractivity contribution in [1.29, 1.82) is 0 Å². The number of unbranched alkanes of at least 4 members (excludes halogenated alkanes) is 1. The molecule has 0 unspecified atom stereocenters. The number of amides is 1. The van der Waals surface area contributed by atoms with Crippen LogP contribution in [0.15, 0.2) is 46.0 Å². The number of anilines is 2. The lowest BCUT2D eigenvalue weighted by Gasteiger charge is -2.19. The molecule has 0 bridgehead atoms. The first-order chi connectivity index (χ1) is 15.3. The second-order valence-corrected chi connectivity index (χ2v) is 8.56. The predicted molar refractivity (Wildman–Crippen MR) is 127 cm³/mol. The van der Waals surface area contributed by atoms with E-state index < -0.39 is 11.2 Å². The van der Waals surface area contributed by atoms with Crippen molar-refractivity contribution in [1.82, 2.24) is 19.3 Å². The minimum atomic E-state index is -0.691. The number of aromatic nitrogens is 4. The monoisotopic (exact) mass is 452 g/mol. The van der Waals surface area contributed by atoms with Crippen LogP contribution in [0.1, 0.15) is 35.1 Å². The van der Waals surface area contributed by atoms with E-state index in [1.54, 1.807) is 10.7 Å². The first kappa shape index (κ1) is 21.6. The van der Waals surface area contributed by atoms with Crippen molar-refractivity contribution in [2.45, 2.75) is 33.2 Å². The number of fused-ring (bicyclic) bond motifs is 1. The fourth-order valence-electron chi connectivity index (χ4n) is 3.60. The highest BCUT2D eigenvalue weighted by atomic mass is 32.1. The standard InChI is InChI=1S/C22H24N6O3S/c1-4-5-11-27-18(23)17(19(29)24-22(27)31)26(3)20(30)16-12-15-13(2)25-28(21(15)32-16)14-9-7-6-8-10-14/h6-10,12H,4-5,11,23H2,1-3H3,(H,24,29,31). The van der Waals surface area contributed by atoms with Gasteiger partial charge in [-0.05, 0) is 31.5 Å². The number of carbonyl (C=O) groups is 1. The zero-order valence-electron chi connectivity index (χ0n) is 18.1. The summed E-state index contributed by atoms with van der Waals surface area (Å²) >= 11 is 1.29. The van der Waals surface area contributed by atoms with E-state index in [0.29, 0.717) is 11.4 Å². The number of nitrogens with one attached hydrogen (secondary N) is 1. The lowest BCUT2D eigenvalue weighted by Crippen LogP contribution is -2.39. The van der Waals surface area contributed by atoms with E-state index in [4.69, 9.17) is 5.73 Å². The number of nitrogens with two attached hydrogens (primary N) is 1. The molecule has 4 aromatic rings. The van der Waals surface area contributed by atoms with E-state index in [-0.39, 0.29) is 17.4 Å². The minimum absolute atomic E-state index is 0.0178. The summed E-state index contributed by atoms with van der Waals surface area (Å²) < 4.78 is 3.10. The highest BCUT2D eigenvalue weighted by Gasteiger charge is 2.25. The van der Waals surface area contributed by atoms with Crippen molar-refractivity contribution in [2.24, 2.45) is 0 Å². The predicted octanol–water partition coefficient (Wildman–Crippen LogP) is 2.90. The maximum atomic E-state index is 13.3. The maximum Gasteiger partial charge on any atom is 0.330 e. The van der Waals surface area contributed by atoms with Gasteiger partial charge >= 0.3 is 5.69 Å². The zero-order chi connectivity index (χ0) is 23.0. The van der Waals surface area contributed by atoms with Crippen molar-refractivity contribution >= 4 is 39.0 Å². The highest BCUT2D eigenvalue weighted by molar-refractivity contribution is 7.20. The van der Waals surface area contributed by atoms with Crippen LogP contribution in [0.5, 0.6) is 0 Å². The Morgan fingerprint density at radius 3 is 2.66 bits per heavy atom. The second-order valence-electron chi connectivity index (χ2n) is 7.52. The van der Waals surface area contributed by atoms with Crippen LogP contribution in [0, 0.1) is 6.92 Å². The first-order valence-electron chi connectivity index (χ1n) is 10.3. The summed E-state index contributed by atoms with van der Waals surface area (Å²) in [6, 6.07) is 11.4. The molecule has 0 aliphatic carbocycles. The molecule has 1 aromatic carbocycles. The van der Waals surface area contributed by atoms with Gasteiger partial charge in [0.15, 0.2) is 5.69 Å². The average Bonchev–Trinajstić information content (AvgIpc) is 3.34. The number of aromatic amines is 1. The summed E-state index contributed by atoms with van der Waals surface area (Å²) in [7, 11) is 1.48. The molecule has 3 heterocycles. The van der Waals surface area contributed by atoms with Crippen LogP contribution in [0.2, 0.25) is 0 Å². The van der Waals surface area contributed by atoms with E-state index in [1.165, 1.54) is 27.9 Å². The van der Waals surface area contributed by atoms with Gasteiger partial charge in [-0.2, -0.15) is 5.10 Å².